The summed E-state index contributed by atoms with van der Waals surface area (Å²) in [6.07, 6.45) is 5.58. The molecule has 0 heterocycles. The van der Waals surface area contributed by atoms with Crippen molar-refractivity contribution in [3.05, 3.63) is 0 Å². The Morgan fingerprint density at radius 1 is 1.29 bits per heavy atom. The summed E-state index contributed by atoms with van der Waals surface area (Å²) >= 11 is 0. The molecule has 1 aliphatic rings. The van der Waals surface area contributed by atoms with Gasteiger partial charge >= 0.3 is 0 Å². The summed E-state index contributed by atoms with van der Waals surface area (Å²) in [5.41, 5.74) is 0. The molecule has 0 N–H and O–H groups in total. The number of carbonyl (C=O) groups is 1. The molecule has 0 aliphatic heterocycles. The van der Waals surface area contributed by atoms with Gasteiger partial charge in [0.25, 0.3) is 0 Å². The van der Waals surface area contributed by atoms with Crippen LogP contribution in [0.3, 0.4) is 0 Å². The molecule has 1 rings (SSSR count). The van der Waals surface area contributed by atoms with E-state index >= 15 is 0 Å². The molecule has 0 bridgehead atoms. The minimum absolute atomic E-state index is 0.294. The summed E-state index contributed by atoms with van der Waals surface area (Å²) in [5, 5.41) is 0. The van der Waals surface area contributed by atoms with E-state index in [1.165, 1.54) is 12.8 Å². The molecule has 2 nitrogen and oxygen atoms in total. The van der Waals surface area contributed by atoms with Gasteiger partial charge in [-0.3, -0.25) is 4.79 Å². The normalized spacial score (nSPS) is 27.6. The summed E-state index contributed by atoms with van der Waals surface area (Å²) in [6, 6.07) is 0. The first-order chi connectivity index (χ1) is 6.74. The van der Waals surface area contributed by atoms with Crippen LogP contribution in [0.15, 0.2) is 0 Å². The second-order valence-electron chi connectivity index (χ2n) is 4.48. The molecule has 0 saturated heterocycles. The number of ether oxygens (including phenoxy) is 1. The van der Waals surface area contributed by atoms with Crippen molar-refractivity contribution >= 4 is 5.78 Å². The Bertz CT molecular complexity index is 169. The van der Waals surface area contributed by atoms with Crippen molar-refractivity contribution in [2.45, 2.75) is 46.0 Å². The lowest BCUT2D eigenvalue weighted by atomic mass is 9.81. The Kier molecular flexibility index (Phi) is 5.16. The van der Waals surface area contributed by atoms with Gasteiger partial charge in [0.1, 0.15) is 6.61 Å². The molecule has 0 atom stereocenters. The third-order valence-corrected chi connectivity index (χ3v) is 3.06. The zero-order valence-corrected chi connectivity index (χ0v) is 9.42. The Balaban J connectivity index is 2.17. The zero-order valence-electron chi connectivity index (χ0n) is 9.42. The van der Waals surface area contributed by atoms with E-state index in [2.05, 4.69) is 13.8 Å². The maximum atomic E-state index is 11.7. The van der Waals surface area contributed by atoms with Crippen LogP contribution in [0.5, 0.6) is 0 Å². The van der Waals surface area contributed by atoms with Crippen LogP contribution in [0.4, 0.5) is 0 Å². The number of hydrogen-bond donors (Lipinski definition) is 0. The van der Waals surface area contributed by atoms with Crippen molar-refractivity contribution in [1.82, 2.24) is 0 Å². The molecule has 0 unspecified atom stereocenters. The quantitative estimate of drug-likeness (QED) is 0.635. The third-order valence-electron chi connectivity index (χ3n) is 3.06. The molecule has 0 aromatic heterocycles. The average molecular weight is 198 g/mol. The highest BCUT2D eigenvalue weighted by atomic mass is 16.5. The number of hydrogen-bond acceptors (Lipinski definition) is 2. The molecule has 1 saturated carbocycles. The van der Waals surface area contributed by atoms with E-state index in [0.717, 1.165) is 31.8 Å². The van der Waals surface area contributed by atoms with Crippen molar-refractivity contribution in [2.75, 3.05) is 13.2 Å². The number of Topliss-reactive ketones (excluding diaryl/α,β-unsaturated/α-hetero) is 1. The molecule has 0 aromatic carbocycles. The van der Waals surface area contributed by atoms with Crippen molar-refractivity contribution in [1.29, 1.82) is 0 Å². The molecular formula is C12H22O2. The van der Waals surface area contributed by atoms with Crippen molar-refractivity contribution in [2.24, 2.45) is 11.8 Å². The van der Waals surface area contributed by atoms with Gasteiger partial charge in [0.05, 0.1) is 0 Å². The molecule has 1 aliphatic carbocycles. The van der Waals surface area contributed by atoms with Gasteiger partial charge in [-0.1, -0.05) is 26.7 Å². The SMILES string of the molecule is CCCOCC(=O)C1CCC(C)CC1. The lowest BCUT2D eigenvalue weighted by molar-refractivity contribution is -0.128. The van der Waals surface area contributed by atoms with Crippen LogP contribution in [0, 0.1) is 11.8 Å². The maximum Gasteiger partial charge on any atom is 0.161 e. The van der Waals surface area contributed by atoms with Crippen LogP contribution in [-0.2, 0) is 9.53 Å². The zero-order chi connectivity index (χ0) is 10.4. The lowest BCUT2D eigenvalue weighted by Crippen LogP contribution is -2.24. The first-order valence-electron chi connectivity index (χ1n) is 5.84. The summed E-state index contributed by atoms with van der Waals surface area (Å²) < 4.78 is 5.28. The fraction of sp³-hybridized carbons (Fsp3) is 0.917. The van der Waals surface area contributed by atoms with Gasteiger partial charge in [-0.05, 0) is 25.2 Å². The molecule has 0 radical (unpaired) electrons. The van der Waals surface area contributed by atoms with Crippen molar-refractivity contribution < 1.29 is 9.53 Å². The average Bonchev–Trinajstić information content (AvgIpc) is 2.19. The predicted octanol–water partition coefficient (Wildman–Crippen LogP) is 2.81. The Hall–Kier alpha value is -0.370. The van der Waals surface area contributed by atoms with Crippen molar-refractivity contribution in [3.63, 3.8) is 0 Å². The second kappa shape index (κ2) is 6.18. The van der Waals surface area contributed by atoms with E-state index < -0.39 is 0 Å². The van der Waals surface area contributed by atoms with Crippen LogP contribution in [0.1, 0.15) is 46.0 Å². The molecule has 0 amide bonds. The highest BCUT2D eigenvalue weighted by Crippen LogP contribution is 2.28. The fourth-order valence-electron chi connectivity index (χ4n) is 2.02. The highest BCUT2D eigenvalue weighted by molar-refractivity contribution is 5.82. The molecule has 0 spiro atoms. The summed E-state index contributed by atoms with van der Waals surface area (Å²) in [6.45, 7) is 5.39. The van der Waals surface area contributed by atoms with Gasteiger partial charge < -0.3 is 4.74 Å². The number of carbonyl (C=O) groups excluding carboxylic acids is 1. The first kappa shape index (κ1) is 11.7. The van der Waals surface area contributed by atoms with Gasteiger partial charge in [0.2, 0.25) is 0 Å². The van der Waals surface area contributed by atoms with E-state index in [0.29, 0.717) is 18.3 Å². The standard InChI is InChI=1S/C12H22O2/c1-3-8-14-9-12(13)11-6-4-10(2)5-7-11/h10-11H,3-9H2,1-2H3. The summed E-state index contributed by atoms with van der Waals surface area (Å²) in [4.78, 5) is 11.7. The van der Waals surface area contributed by atoms with Gasteiger partial charge in [0.15, 0.2) is 5.78 Å². The lowest BCUT2D eigenvalue weighted by Gasteiger charge is -2.24. The molecule has 1 fully saturated rings. The van der Waals surface area contributed by atoms with Crippen LogP contribution in [0.2, 0.25) is 0 Å². The minimum Gasteiger partial charge on any atom is -0.374 e. The van der Waals surface area contributed by atoms with Gasteiger partial charge in [-0.25, -0.2) is 0 Å². The second-order valence-corrected chi connectivity index (χ2v) is 4.48. The predicted molar refractivity (Wildman–Crippen MR) is 57.2 cm³/mol. The van der Waals surface area contributed by atoms with Crippen LogP contribution >= 0.6 is 0 Å². The van der Waals surface area contributed by atoms with Gasteiger partial charge in [-0.15, -0.1) is 0 Å². The van der Waals surface area contributed by atoms with E-state index in [-0.39, 0.29) is 0 Å². The van der Waals surface area contributed by atoms with E-state index in [4.69, 9.17) is 4.74 Å². The van der Waals surface area contributed by atoms with Crippen molar-refractivity contribution in [3.8, 4) is 0 Å². The smallest absolute Gasteiger partial charge is 0.161 e. The monoisotopic (exact) mass is 198 g/mol. The Morgan fingerprint density at radius 2 is 1.93 bits per heavy atom. The first-order valence-corrected chi connectivity index (χ1v) is 5.84. The maximum absolute atomic E-state index is 11.7. The molecular weight excluding hydrogens is 176 g/mol. The van der Waals surface area contributed by atoms with Gasteiger partial charge in [0, 0.05) is 12.5 Å². The largest absolute Gasteiger partial charge is 0.374 e. The topological polar surface area (TPSA) is 26.3 Å². The van der Waals surface area contributed by atoms with E-state index in [1.807, 2.05) is 0 Å². The Labute approximate surface area is 87.0 Å². The van der Waals surface area contributed by atoms with Crippen LogP contribution in [0.25, 0.3) is 0 Å². The van der Waals surface area contributed by atoms with Gasteiger partial charge in [-0.2, -0.15) is 0 Å². The molecule has 0 aromatic rings. The fourth-order valence-corrected chi connectivity index (χ4v) is 2.02. The summed E-state index contributed by atoms with van der Waals surface area (Å²) in [5.74, 6) is 1.43. The van der Waals surface area contributed by atoms with E-state index in [9.17, 15) is 4.79 Å². The third kappa shape index (κ3) is 3.79. The molecule has 14 heavy (non-hydrogen) atoms. The number of rotatable bonds is 5. The number of ketones is 1. The van der Waals surface area contributed by atoms with Crippen LogP contribution < -0.4 is 0 Å². The van der Waals surface area contributed by atoms with Crippen LogP contribution in [-0.4, -0.2) is 19.0 Å². The summed E-state index contributed by atoms with van der Waals surface area (Å²) in [7, 11) is 0. The molecule has 82 valence electrons. The van der Waals surface area contributed by atoms with E-state index in [1.54, 1.807) is 0 Å². The highest BCUT2D eigenvalue weighted by Gasteiger charge is 2.23. The Morgan fingerprint density at radius 3 is 2.50 bits per heavy atom. The molecule has 2 heteroatoms. The minimum atomic E-state index is 0.294.